The highest BCUT2D eigenvalue weighted by Crippen LogP contribution is 2.55. The molecule has 1 aromatic rings. The van der Waals surface area contributed by atoms with Gasteiger partial charge in [-0.15, -0.1) is 0 Å². The van der Waals surface area contributed by atoms with Gasteiger partial charge in [-0.25, -0.2) is 0 Å². The molecule has 18 heavy (non-hydrogen) atoms. The number of rotatable bonds is 1. The SMILES string of the molecule is Cc1cc2c(cc1O)[C@@](C)(O)[C@H]1O[C@H]1[C@H]2C(C)C. The molecule has 3 rings (SSSR count). The fourth-order valence-corrected chi connectivity index (χ4v) is 3.35. The van der Waals surface area contributed by atoms with Crippen molar-refractivity contribution in [2.24, 2.45) is 5.92 Å². The van der Waals surface area contributed by atoms with Gasteiger partial charge in [0.2, 0.25) is 0 Å². The van der Waals surface area contributed by atoms with E-state index in [1.807, 2.05) is 13.0 Å². The van der Waals surface area contributed by atoms with E-state index < -0.39 is 5.60 Å². The summed E-state index contributed by atoms with van der Waals surface area (Å²) in [5.41, 5.74) is 1.82. The summed E-state index contributed by atoms with van der Waals surface area (Å²) in [5.74, 6) is 1.01. The van der Waals surface area contributed by atoms with E-state index in [4.69, 9.17) is 4.74 Å². The maximum Gasteiger partial charge on any atom is 0.118 e. The van der Waals surface area contributed by atoms with Gasteiger partial charge in [0.1, 0.15) is 17.5 Å². The van der Waals surface area contributed by atoms with Crippen molar-refractivity contribution in [3.8, 4) is 5.75 Å². The van der Waals surface area contributed by atoms with Crippen LogP contribution in [0, 0.1) is 12.8 Å². The standard InChI is InChI=1S/C15H20O3/c1-7(2)12-9-5-8(3)11(16)6-10(9)15(4,17)14-13(12)18-14/h5-7,12-14,16-17H,1-4H3/t12-,13-,14-,15+/m0/s1. The van der Waals surface area contributed by atoms with E-state index >= 15 is 0 Å². The Kier molecular flexibility index (Phi) is 2.32. The maximum atomic E-state index is 10.6. The molecule has 1 aliphatic heterocycles. The van der Waals surface area contributed by atoms with E-state index in [0.717, 1.165) is 16.7 Å². The zero-order valence-electron chi connectivity index (χ0n) is 11.3. The zero-order valence-corrected chi connectivity index (χ0v) is 11.3. The minimum atomic E-state index is -0.990. The number of benzene rings is 1. The van der Waals surface area contributed by atoms with Crippen LogP contribution in [0.3, 0.4) is 0 Å². The van der Waals surface area contributed by atoms with Crippen LogP contribution in [-0.4, -0.2) is 22.4 Å². The lowest BCUT2D eigenvalue weighted by Gasteiger charge is -2.34. The molecule has 1 fully saturated rings. The topological polar surface area (TPSA) is 53.0 Å². The molecule has 2 aliphatic rings. The van der Waals surface area contributed by atoms with E-state index in [1.165, 1.54) is 0 Å². The Labute approximate surface area is 107 Å². The smallest absolute Gasteiger partial charge is 0.118 e. The van der Waals surface area contributed by atoms with Crippen molar-refractivity contribution in [1.82, 2.24) is 0 Å². The molecule has 0 unspecified atom stereocenters. The highest BCUT2D eigenvalue weighted by atomic mass is 16.6. The van der Waals surface area contributed by atoms with E-state index in [-0.39, 0.29) is 18.0 Å². The minimum absolute atomic E-state index is 0.122. The Morgan fingerprint density at radius 1 is 1.33 bits per heavy atom. The predicted octanol–water partition coefficient (Wildman–Crippen LogP) is 2.43. The lowest BCUT2D eigenvalue weighted by molar-refractivity contribution is 0.0233. The summed E-state index contributed by atoms with van der Waals surface area (Å²) in [6.07, 6.45) is -0.00375. The van der Waals surface area contributed by atoms with Crippen molar-refractivity contribution in [2.45, 2.75) is 51.4 Å². The van der Waals surface area contributed by atoms with Gasteiger partial charge in [0.25, 0.3) is 0 Å². The van der Waals surface area contributed by atoms with E-state index in [2.05, 4.69) is 13.8 Å². The zero-order chi connectivity index (χ0) is 13.2. The second-order valence-electron chi connectivity index (χ2n) is 6.16. The summed E-state index contributed by atoms with van der Waals surface area (Å²) in [4.78, 5) is 0. The van der Waals surface area contributed by atoms with Gasteiger partial charge in [-0.3, -0.25) is 0 Å². The van der Waals surface area contributed by atoms with Crippen molar-refractivity contribution in [3.05, 3.63) is 28.8 Å². The fourth-order valence-electron chi connectivity index (χ4n) is 3.35. The highest BCUT2D eigenvalue weighted by Gasteiger charge is 2.61. The third-order valence-electron chi connectivity index (χ3n) is 4.42. The molecule has 0 amide bonds. The van der Waals surface area contributed by atoms with Crippen molar-refractivity contribution < 1.29 is 14.9 Å². The molecule has 0 saturated carbocycles. The molecule has 98 valence electrons. The first kappa shape index (κ1) is 12.0. The van der Waals surface area contributed by atoms with Crippen LogP contribution in [0.25, 0.3) is 0 Å². The molecule has 1 aliphatic carbocycles. The van der Waals surface area contributed by atoms with Crippen LogP contribution in [0.5, 0.6) is 5.75 Å². The van der Waals surface area contributed by atoms with Gasteiger partial charge >= 0.3 is 0 Å². The van der Waals surface area contributed by atoms with Gasteiger partial charge in [0.05, 0.1) is 6.10 Å². The molecule has 3 heteroatoms. The van der Waals surface area contributed by atoms with Crippen molar-refractivity contribution in [1.29, 1.82) is 0 Å². The Balaban J connectivity index is 2.21. The van der Waals surface area contributed by atoms with Gasteiger partial charge in [0.15, 0.2) is 0 Å². The summed E-state index contributed by atoms with van der Waals surface area (Å²) in [7, 11) is 0. The van der Waals surface area contributed by atoms with Gasteiger partial charge in [0, 0.05) is 5.92 Å². The number of aliphatic hydroxyl groups is 1. The van der Waals surface area contributed by atoms with Crippen LogP contribution in [0.4, 0.5) is 0 Å². The van der Waals surface area contributed by atoms with Gasteiger partial charge in [-0.05, 0) is 42.5 Å². The van der Waals surface area contributed by atoms with Gasteiger partial charge in [-0.1, -0.05) is 19.9 Å². The summed E-state index contributed by atoms with van der Waals surface area (Å²) in [6, 6.07) is 3.71. The predicted molar refractivity (Wildman–Crippen MR) is 68.7 cm³/mol. The van der Waals surface area contributed by atoms with Gasteiger partial charge in [-0.2, -0.15) is 0 Å². The third-order valence-corrected chi connectivity index (χ3v) is 4.42. The average Bonchev–Trinajstić information content (AvgIpc) is 3.02. The van der Waals surface area contributed by atoms with Gasteiger partial charge < -0.3 is 14.9 Å². The lowest BCUT2D eigenvalue weighted by atomic mass is 9.70. The van der Waals surface area contributed by atoms with E-state index in [9.17, 15) is 10.2 Å². The second kappa shape index (κ2) is 3.49. The first-order valence-electron chi connectivity index (χ1n) is 6.56. The third kappa shape index (κ3) is 1.44. The largest absolute Gasteiger partial charge is 0.508 e. The molecule has 3 nitrogen and oxygen atoms in total. The number of hydrogen-bond donors (Lipinski definition) is 2. The van der Waals surface area contributed by atoms with Crippen LogP contribution in [0.1, 0.15) is 43.4 Å². The summed E-state index contributed by atoms with van der Waals surface area (Å²) in [5, 5.41) is 20.5. The summed E-state index contributed by atoms with van der Waals surface area (Å²) in [6.45, 7) is 8.02. The first-order chi connectivity index (χ1) is 8.34. The molecule has 1 aromatic carbocycles. The Hall–Kier alpha value is -1.06. The molecule has 2 N–H and O–H groups in total. The normalized spacial score (nSPS) is 37.3. The highest BCUT2D eigenvalue weighted by molar-refractivity contribution is 5.50. The number of epoxide rings is 1. The van der Waals surface area contributed by atoms with Crippen molar-refractivity contribution in [3.63, 3.8) is 0 Å². The van der Waals surface area contributed by atoms with Crippen LogP contribution in [-0.2, 0) is 10.3 Å². The molecule has 0 bridgehead atoms. The number of hydrogen-bond acceptors (Lipinski definition) is 3. The number of fused-ring (bicyclic) bond motifs is 2. The molecule has 1 saturated heterocycles. The van der Waals surface area contributed by atoms with E-state index in [0.29, 0.717) is 11.8 Å². The lowest BCUT2D eigenvalue weighted by Crippen LogP contribution is -2.38. The Bertz CT molecular complexity index is 505. The molecular formula is C15H20O3. The Morgan fingerprint density at radius 3 is 2.61 bits per heavy atom. The molecule has 0 radical (unpaired) electrons. The van der Waals surface area contributed by atoms with E-state index in [1.54, 1.807) is 13.0 Å². The van der Waals surface area contributed by atoms with Crippen LogP contribution in [0.15, 0.2) is 12.1 Å². The Morgan fingerprint density at radius 2 is 2.00 bits per heavy atom. The quantitative estimate of drug-likeness (QED) is 0.750. The van der Waals surface area contributed by atoms with Crippen LogP contribution in [0.2, 0.25) is 0 Å². The summed E-state index contributed by atoms with van der Waals surface area (Å²) >= 11 is 0. The average molecular weight is 248 g/mol. The molecule has 4 atom stereocenters. The maximum absolute atomic E-state index is 10.6. The number of phenols is 1. The molecular weight excluding hydrogens is 228 g/mol. The van der Waals surface area contributed by atoms with Crippen molar-refractivity contribution >= 4 is 0 Å². The first-order valence-corrected chi connectivity index (χ1v) is 6.56. The van der Waals surface area contributed by atoms with Crippen LogP contribution < -0.4 is 0 Å². The molecule has 1 heterocycles. The number of phenolic OH excluding ortho intramolecular Hbond substituents is 1. The molecule has 0 aromatic heterocycles. The van der Waals surface area contributed by atoms with Crippen LogP contribution >= 0.6 is 0 Å². The number of ether oxygens (including phenoxy) is 1. The molecule has 0 spiro atoms. The monoisotopic (exact) mass is 248 g/mol. The number of aromatic hydroxyl groups is 1. The summed E-state index contributed by atoms with van der Waals surface area (Å²) < 4.78 is 5.70. The fraction of sp³-hybridized carbons (Fsp3) is 0.600. The second-order valence-corrected chi connectivity index (χ2v) is 6.16. The number of aryl methyl sites for hydroxylation is 1. The van der Waals surface area contributed by atoms with Crippen molar-refractivity contribution in [2.75, 3.05) is 0 Å². The minimum Gasteiger partial charge on any atom is -0.508 e.